The molecule has 0 spiro atoms. The highest BCUT2D eigenvalue weighted by molar-refractivity contribution is 6.11. The first-order chi connectivity index (χ1) is 27.6. The van der Waals surface area contributed by atoms with E-state index in [9.17, 15) is 19.1 Å². The number of aliphatic hydroxyl groups excluding tert-OH is 1. The van der Waals surface area contributed by atoms with Gasteiger partial charge in [0.25, 0.3) is 11.9 Å². The van der Waals surface area contributed by atoms with E-state index >= 15 is 4.39 Å². The number of benzene rings is 3. The van der Waals surface area contributed by atoms with Crippen LogP contribution in [0.2, 0.25) is 0 Å². The Bertz CT molecular complexity index is 2140. The number of aromatic nitrogens is 5. The van der Waals surface area contributed by atoms with E-state index in [-0.39, 0.29) is 60.3 Å². The van der Waals surface area contributed by atoms with Crippen molar-refractivity contribution in [2.45, 2.75) is 57.2 Å². The number of alkyl halides is 1. The number of nitrogens with zero attached hydrogens (tertiary/aromatic N) is 5. The molecule has 0 bridgehead atoms. The Morgan fingerprint density at radius 1 is 1.02 bits per heavy atom. The van der Waals surface area contributed by atoms with Crippen molar-refractivity contribution < 1.29 is 47.2 Å². The number of anilines is 1. The van der Waals surface area contributed by atoms with Gasteiger partial charge in [-0.1, -0.05) is 24.6 Å². The van der Waals surface area contributed by atoms with Gasteiger partial charge in [-0.15, -0.1) is 9.78 Å². The highest BCUT2D eigenvalue weighted by atomic mass is 19.1. The molecule has 3 aromatic carbocycles. The molecule has 5 aromatic rings. The van der Waals surface area contributed by atoms with Crippen molar-refractivity contribution in [2.75, 3.05) is 25.6 Å². The average Bonchev–Trinajstić information content (AvgIpc) is 3.64. The van der Waals surface area contributed by atoms with Gasteiger partial charge in [0.15, 0.2) is 17.4 Å². The molecule has 1 aliphatic carbocycles. The van der Waals surface area contributed by atoms with Gasteiger partial charge in [-0.05, 0) is 67.8 Å². The Hall–Kier alpha value is -6.69. The second-order valence-electron chi connectivity index (χ2n) is 12.7. The average molecular weight is 787 g/mol. The molecule has 0 radical (unpaired) electrons. The number of halogens is 2. The van der Waals surface area contributed by atoms with E-state index in [1.165, 1.54) is 38.6 Å². The van der Waals surface area contributed by atoms with Crippen LogP contribution < -0.4 is 24.8 Å². The molecule has 0 aliphatic heterocycles. The standard InChI is InChI=1S/C39H40F2N8O8/c1-23(56-39(52)57-30-12-7-6-11-29(30)40)55-38-47-35(48-49(38)37-43-17-8-18-44-37)33(28-21-27(53-2)22-31(32(28)41)54-20-19-50)45-26-15-13-24(14-16-26)34(42)46-36(51)25-9-4-3-5-10-25/h3-5,8-10,13-18,21-23,29-30,33,45,50H,6-7,11-12,19-20H2,1-2H3,(H2,42,46,51)/t23-,29-,30?,33?/m0/s1. The molecule has 2 aromatic heterocycles. The summed E-state index contributed by atoms with van der Waals surface area (Å²) in [4.78, 5) is 38.3. The van der Waals surface area contributed by atoms with Gasteiger partial charge >= 0.3 is 12.2 Å². The quantitative estimate of drug-likeness (QED) is 0.0436. The van der Waals surface area contributed by atoms with Gasteiger partial charge in [0.2, 0.25) is 6.29 Å². The number of ether oxygens (including phenoxy) is 5. The Kier molecular flexibility index (Phi) is 13.2. The first kappa shape index (κ1) is 40.0. The zero-order chi connectivity index (χ0) is 40.3. The highest BCUT2D eigenvalue weighted by Gasteiger charge is 2.32. The molecule has 6 rings (SSSR count). The third kappa shape index (κ3) is 10.1. The van der Waals surface area contributed by atoms with Gasteiger partial charge in [0, 0.05) is 47.8 Å². The van der Waals surface area contributed by atoms with Crippen LogP contribution >= 0.6 is 0 Å². The minimum Gasteiger partial charge on any atom is -0.497 e. The van der Waals surface area contributed by atoms with Crippen molar-refractivity contribution in [2.24, 2.45) is 0 Å². The first-order valence-corrected chi connectivity index (χ1v) is 18.0. The van der Waals surface area contributed by atoms with Gasteiger partial charge in [0.05, 0.1) is 13.7 Å². The number of carbonyl (C=O) groups is 2. The number of methoxy groups -OCH3 is 1. The number of carbonyl (C=O) groups excluding carboxylic acids is 2. The molecule has 1 saturated carbocycles. The molecule has 2 unspecified atom stereocenters. The molecule has 0 saturated heterocycles. The van der Waals surface area contributed by atoms with E-state index in [0.717, 1.165) is 4.68 Å². The minimum absolute atomic E-state index is 0.000695. The Labute approximate surface area is 325 Å². The van der Waals surface area contributed by atoms with Gasteiger partial charge < -0.3 is 39.4 Å². The molecule has 2 heterocycles. The van der Waals surface area contributed by atoms with Crippen LogP contribution in [0.4, 0.5) is 19.3 Å². The molecule has 18 heteroatoms. The Morgan fingerprint density at radius 3 is 2.46 bits per heavy atom. The lowest BCUT2D eigenvalue weighted by Crippen LogP contribution is -2.33. The number of hydrogen-bond acceptors (Lipinski definition) is 14. The molecule has 57 heavy (non-hydrogen) atoms. The van der Waals surface area contributed by atoms with Crippen LogP contribution in [0.25, 0.3) is 5.95 Å². The van der Waals surface area contributed by atoms with E-state index in [1.807, 2.05) is 0 Å². The summed E-state index contributed by atoms with van der Waals surface area (Å²) in [5, 5.41) is 28.2. The van der Waals surface area contributed by atoms with Crippen LogP contribution in [-0.2, 0) is 9.47 Å². The van der Waals surface area contributed by atoms with E-state index in [4.69, 9.17) is 29.1 Å². The molecule has 1 aliphatic rings. The normalized spacial score (nSPS) is 16.1. The van der Waals surface area contributed by atoms with Crippen molar-refractivity contribution >= 4 is 23.6 Å². The summed E-state index contributed by atoms with van der Waals surface area (Å²) in [7, 11) is 1.39. The molecule has 298 valence electrons. The zero-order valence-electron chi connectivity index (χ0n) is 30.9. The fourth-order valence-corrected chi connectivity index (χ4v) is 5.90. The molecular formula is C39H40F2N8O8. The number of aliphatic hydroxyl groups is 1. The topological polar surface area (TPSA) is 205 Å². The molecule has 1 fully saturated rings. The van der Waals surface area contributed by atoms with Crippen LogP contribution in [0.15, 0.2) is 85.2 Å². The third-order valence-corrected chi connectivity index (χ3v) is 8.69. The predicted molar refractivity (Wildman–Crippen MR) is 200 cm³/mol. The molecular weight excluding hydrogens is 746 g/mol. The maximum absolute atomic E-state index is 16.4. The van der Waals surface area contributed by atoms with E-state index < -0.39 is 42.5 Å². The summed E-state index contributed by atoms with van der Waals surface area (Å²) in [6.45, 7) is 0.801. The second-order valence-corrected chi connectivity index (χ2v) is 12.7. The summed E-state index contributed by atoms with van der Waals surface area (Å²) in [5.74, 6) is -1.52. The summed E-state index contributed by atoms with van der Waals surface area (Å²) in [6.07, 6.45) is 0.263. The van der Waals surface area contributed by atoms with Crippen LogP contribution in [0.3, 0.4) is 0 Å². The minimum atomic E-state index is -1.33. The molecule has 4 atom stereocenters. The van der Waals surface area contributed by atoms with Crippen molar-refractivity contribution in [1.82, 2.24) is 30.0 Å². The summed E-state index contributed by atoms with van der Waals surface area (Å²) in [6, 6.07) is 17.7. The fourth-order valence-electron chi connectivity index (χ4n) is 5.90. The Morgan fingerprint density at radius 2 is 1.75 bits per heavy atom. The second kappa shape index (κ2) is 18.8. The highest BCUT2D eigenvalue weighted by Crippen LogP contribution is 2.36. The number of rotatable bonds is 15. The number of amides is 1. The first-order valence-electron chi connectivity index (χ1n) is 18.0. The summed E-state index contributed by atoms with van der Waals surface area (Å²) < 4.78 is 59.2. The summed E-state index contributed by atoms with van der Waals surface area (Å²) >= 11 is 0. The number of nitrogens with one attached hydrogen (secondary N) is 3. The van der Waals surface area contributed by atoms with Crippen molar-refractivity contribution in [1.29, 1.82) is 5.41 Å². The lowest BCUT2D eigenvalue weighted by atomic mass is 9.96. The monoisotopic (exact) mass is 786 g/mol. The van der Waals surface area contributed by atoms with Gasteiger partial charge in [-0.2, -0.15) is 4.98 Å². The van der Waals surface area contributed by atoms with Crippen LogP contribution in [0.5, 0.6) is 17.5 Å². The predicted octanol–water partition coefficient (Wildman–Crippen LogP) is 5.69. The smallest absolute Gasteiger partial charge is 0.497 e. The van der Waals surface area contributed by atoms with Gasteiger partial charge in [-0.3, -0.25) is 10.2 Å². The van der Waals surface area contributed by atoms with E-state index in [1.54, 1.807) is 60.7 Å². The van der Waals surface area contributed by atoms with Crippen LogP contribution in [-0.4, -0.2) is 86.6 Å². The molecule has 4 N–H and O–H groups in total. The summed E-state index contributed by atoms with van der Waals surface area (Å²) in [5.41, 5.74) is 1.13. The van der Waals surface area contributed by atoms with E-state index in [2.05, 4.69) is 30.7 Å². The van der Waals surface area contributed by atoms with Crippen molar-refractivity contribution in [3.63, 3.8) is 0 Å². The molecule has 1 amide bonds. The van der Waals surface area contributed by atoms with Crippen LogP contribution in [0, 0.1) is 11.2 Å². The zero-order valence-corrected chi connectivity index (χ0v) is 30.9. The number of amidine groups is 1. The lowest BCUT2D eigenvalue weighted by molar-refractivity contribution is -0.0829. The largest absolute Gasteiger partial charge is 0.511 e. The van der Waals surface area contributed by atoms with Crippen LogP contribution in [0.1, 0.15) is 66.0 Å². The van der Waals surface area contributed by atoms with E-state index in [0.29, 0.717) is 36.1 Å². The lowest BCUT2D eigenvalue weighted by Gasteiger charge is -2.25. The maximum Gasteiger partial charge on any atom is 0.511 e. The number of hydrogen-bond donors (Lipinski definition) is 4. The van der Waals surface area contributed by atoms with Crippen molar-refractivity contribution in [3.05, 3.63) is 114 Å². The van der Waals surface area contributed by atoms with Gasteiger partial charge in [0.1, 0.15) is 36.5 Å². The SMILES string of the molecule is COc1cc(OCCO)c(F)c(C(Nc2ccc(C(=N)NC(=O)c3ccccc3)cc2)c2nc(O[C@H](C)OC(=O)OC3CCCC[C@@H]3F)n(-c3ncccn3)n2)c1. The Balaban J connectivity index is 1.33. The maximum atomic E-state index is 16.4. The fraction of sp³-hybridized carbons (Fsp3) is 0.308. The van der Waals surface area contributed by atoms with Gasteiger partial charge in [-0.25, -0.2) is 23.5 Å². The molecule has 16 nitrogen and oxygen atoms in total. The third-order valence-electron chi connectivity index (χ3n) is 8.69. The van der Waals surface area contributed by atoms with Crippen molar-refractivity contribution in [3.8, 4) is 23.5 Å².